The number of hydrogen-bond donors (Lipinski definition) is 7. The number of hydrogen-bond acceptors (Lipinski definition) is 12. The van der Waals surface area contributed by atoms with Crippen molar-refractivity contribution in [2.24, 2.45) is 5.73 Å². The van der Waals surface area contributed by atoms with Crippen LogP contribution in [0.2, 0.25) is 0 Å². The molecular formula is C11H18N3O15P3. The smallest absolute Gasteiger partial charge is 0.387 e. The molecule has 0 aliphatic carbocycles. The highest BCUT2D eigenvalue weighted by molar-refractivity contribution is 7.66. The number of phosphoric ester groups is 1. The summed E-state index contributed by atoms with van der Waals surface area (Å²) >= 11 is 0. The zero-order chi connectivity index (χ0) is 24.6. The summed E-state index contributed by atoms with van der Waals surface area (Å²) in [6.45, 7) is 0.299. The van der Waals surface area contributed by atoms with Crippen LogP contribution in [-0.4, -0.2) is 70.2 Å². The summed E-state index contributed by atoms with van der Waals surface area (Å²) in [4.78, 5) is 62.9. The standard InChI is InChI=1S/C11H18N3O15P3/c1-4-2-14(10(18)6(13-4)9(12)17)11-8(16)7(15)5(27-11)3-26-31(22,23)29-32(24,25)28-30(19,20)21/h2,5,7-8,11,15-16H,3H2,1H3,(H2,12,17)(H,22,23)(H,24,25)(H2,19,20,21)/t5-,7-,8-,11-/m1/s1. The summed E-state index contributed by atoms with van der Waals surface area (Å²) < 4.78 is 51.0. The van der Waals surface area contributed by atoms with E-state index in [2.05, 4.69) is 18.1 Å². The highest BCUT2D eigenvalue weighted by Gasteiger charge is 2.47. The van der Waals surface area contributed by atoms with Crippen molar-refractivity contribution in [3.05, 3.63) is 27.9 Å². The number of ether oxygens (including phenoxy) is 1. The number of nitrogens with two attached hydrogens (primary N) is 1. The Morgan fingerprint density at radius 2 is 1.75 bits per heavy atom. The van der Waals surface area contributed by atoms with Gasteiger partial charge in [0, 0.05) is 6.20 Å². The van der Waals surface area contributed by atoms with Crippen LogP contribution < -0.4 is 11.3 Å². The van der Waals surface area contributed by atoms with E-state index < -0.39 is 71.8 Å². The lowest BCUT2D eigenvalue weighted by Gasteiger charge is -2.19. The number of phosphoric acid groups is 3. The van der Waals surface area contributed by atoms with Crippen molar-refractivity contribution < 1.29 is 66.2 Å². The van der Waals surface area contributed by atoms with Crippen LogP contribution in [0.1, 0.15) is 22.4 Å². The number of aromatic nitrogens is 2. The highest BCUT2D eigenvalue weighted by Crippen LogP contribution is 2.66. The Morgan fingerprint density at radius 3 is 2.28 bits per heavy atom. The molecule has 182 valence electrons. The number of primary amides is 1. The van der Waals surface area contributed by atoms with E-state index in [1.807, 2.05) is 0 Å². The number of aliphatic hydroxyl groups excluding tert-OH is 2. The summed E-state index contributed by atoms with van der Waals surface area (Å²) in [5, 5.41) is 20.3. The molecule has 1 saturated heterocycles. The van der Waals surface area contributed by atoms with E-state index >= 15 is 0 Å². The van der Waals surface area contributed by atoms with Gasteiger partial charge in [-0.3, -0.25) is 18.7 Å². The maximum absolute atomic E-state index is 12.4. The van der Waals surface area contributed by atoms with Crippen LogP contribution in [0.15, 0.2) is 11.0 Å². The molecule has 0 radical (unpaired) electrons. The number of carbonyl (C=O) groups excluding carboxylic acids is 1. The minimum Gasteiger partial charge on any atom is -0.387 e. The molecule has 1 aromatic rings. The van der Waals surface area contributed by atoms with E-state index in [1.54, 1.807) is 0 Å². The van der Waals surface area contributed by atoms with Crippen molar-refractivity contribution in [3.8, 4) is 0 Å². The van der Waals surface area contributed by atoms with Crippen molar-refractivity contribution in [3.63, 3.8) is 0 Å². The van der Waals surface area contributed by atoms with E-state index in [4.69, 9.17) is 25.2 Å². The lowest BCUT2D eigenvalue weighted by atomic mass is 10.1. The molecule has 0 saturated carbocycles. The summed E-state index contributed by atoms with van der Waals surface area (Å²) in [5.74, 6) is -1.18. The topological polar surface area (TPSA) is 287 Å². The monoisotopic (exact) mass is 525 g/mol. The second-order valence-electron chi connectivity index (χ2n) is 6.24. The number of rotatable bonds is 9. The Labute approximate surface area is 177 Å². The fourth-order valence-corrected chi connectivity index (χ4v) is 5.58. The normalized spacial score (nSPS) is 27.6. The molecule has 1 fully saturated rings. The molecule has 2 rings (SSSR count). The average molecular weight is 525 g/mol. The SMILES string of the molecule is Cc1cn([C@@H]2O[C@H](COP(=O)(O)OP(=O)(O)OP(=O)(O)O)[C@@H](O)[C@H]2O)c(=O)c(C(N)=O)n1. The molecule has 0 bridgehead atoms. The molecule has 1 amide bonds. The molecule has 8 N–H and O–H groups in total. The highest BCUT2D eigenvalue weighted by atomic mass is 31.3. The third-order valence-corrected chi connectivity index (χ3v) is 7.52. The van der Waals surface area contributed by atoms with Gasteiger partial charge in [-0.15, -0.1) is 0 Å². The maximum Gasteiger partial charge on any atom is 0.490 e. The third-order valence-electron chi connectivity index (χ3n) is 3.71. The average Bonchev–Trinajstić information content (AvgIpc) is 2.86. The van der Waals surface area contributed by atoms with Crippen LogP contribution in [0.3, 0.4) is 0 Å². The summed E-state index contributed by atoms with van der Waals surface area (Å²) in [5.41, 5.74) is 3.41. The fraction of sp³-hybridized carbons (Fsp3) is 0.545. The molecule has 0 spiro atoms. The predicted octanol–water partition coefficient (Wildman–Crippen LogP) is -2.39. The number of aryl methyl sites for hydroxylation is 1. The van der Waals surface area contributed by atoms with Gasteiger partial charge in [-0.25, -0.2) is 18.7 Å². The van der Waals surface area contributed by atoms with Crippen molar-refractivity contribution in [1.82, 2.24) is 9.55 Å². The molecule has 1 aliphatic rings. The number of carbonyl (C=O) groups is 1. The Morgan fingerprint density at radius 1 is 1.16 bits per heavy atom. The molecule has 0 aromatic carbocycles. The van der Waals surface area contributed by atoms with Crippen molar-refractivity contribution in [2.75, 3.05) is 6.61 Å². The molecule has 1 aromatic heterocycles. The predicted molar refractivity (Wildman–Crippen MR) is 97.5 cm³/mol. The van der Waals surface area contributed by atoms with E-state index in [0.717, 1.165) is 6.20 Å². The lowest BCUT2D eigenvalue weighted by molar-refractivity contribution is -0.0538. The van der Waals surface area contributed by atoms with Gasteiger partial charge in [0.15, 0.2) is 11.9 Å². The molecule has 32 heavy (non-hydrogen) atoms. The number of aliphatic hydroxyl groups is 2. The lowest BCUT2D eigenvalue weighted by Crippen LogP contribution is -2.38. The van der Waals surface area contributed by atoms with Gasteiger partial charge in [0.05, 0.1) is 12.3 Å². The van der Waals surface area contributed by atoms with Gasteiger partial charge in [0.2, 0.25) is 0 Å². The van der Waals surface area contributed by atoms with Crippen molar-refractivity contribution in [2.45, 2.75) is 31.5 Å². The first-order valence-electron chi connectivity index (χ1n) is 8.12. The zero-order valence-corrected chi connectivity index (χ0v) is 18.4. The Hall–Kier alpha value is -1.36. The molecular weight excluding hydrogens is 507 g/mol. The van der Waals surface area contributed by atoms with Crippen LogP contribution in [-0.2, 0) is 31.6 Å². The molecule has 6 atom stereocenters. The third kappa shape index (κ3) is 6.82. The summed E-state index contributed by atoms with van der Waals surface area (Å²) in [7, 11) is -16.9. The first-order chi connectivity index (χ1) is 14.4. The maximum atomic E-state index is 12.4. The quantitative estimate of drug-likeness (QED) is 0.166. The molecule has 2 heterocycles. The van der Waals surface area contributed by atoms with Crippen LogP contribution >= 0.6 is 23.5 Å². The van der Waals surface area contributed by atoms with E-state index in [9.17, 15) is 38.4 Å². The minimum absolute atomic E-state index is 0.111. The molecule has 1 aliphatic heterocycles. The number of amides is 1. The summed E-state index contributed by atoms with van der Waals surface area (Å²) in [6, 6.07) is 0. The van der Waals surface area contributed by atoms with Gasteiger partial charge >= 0.3 is 23.5 Å². The largest absolute Gasteiger partial charge is 0.490 e. The second kappa shape index (κ2) is 9.48. The number of nitrogens with zero attached hydrogens (tertiary/aromatic N) is 2. The van der Waals surface area contributed by atoms with Crippen molar-refractivity contribution in [1.29, 1.82) is 0 Å². The van der Waals surface area contributed by atoms with Crippen LogP contribution in [0.5, 0.6) is 0 Å². The van der Waals surface area contributed by atoms with Gasteiger partial charge in [-0.2, -0.15) is 8.62 Å². The van der Waals surface area contributed by atoms with Gasteiger partial charge in [-0.1, -0.05) is 0 Å². The van der Waals surface area contributed by atoms with E-state index in [0.29, 0.717) is 4.57 Å². The first kappa shape index (κ1) is 26.9. The second-order valence-corrected chi connectivity index (χ2v) is 10.7. The van der Waals surface area contributed by atoms with Gasteiger partial charge in [0.25, 0.3) is 11.5 Å². The van der Waals surface area contributed by atoms with Gasteiger partial charge < -0.3 is 40.3 Å². The van der Waals surface area contributed by atoms with Crippen LogP contribution in [0, 0.1) is 6.92 Å². The first-order valence-corrected chi connectivity index (χ1v) is 12.6. The van der Waals surface area contributed by atoms with E-state index in [-0.39, 0.29) is 5.69 Å². The van der Waals surface area contributed by atoms with Crippen LogP contribution in [0.4, 0.5) is 0 Å². The Kier molecular flexibility index (Phi) is 7.97. The minimum atomic E-state index is -5.76. The summed E-state index contributed by atoms with van der Waals surface area (Å²) in [6.07, 6.45) is -5.86. The van der Waals surface area contributed by atoms with Crippen LogP contribution in [0.25, 0.3) is 0 Å². The molecule has 18 nitrogen and oxygen atoms in total. The molecule has 21 heteroatoms. The zero-order valence-electron chi connectivity index (χ0n) is 15.8. The van der Waals surface area contributed by atoms with Crippen molar-refractivity contribution >= 4 is 29.4 Å². The van der Waals surface area contributed by atoms with Gasteiger partial charge in [-0.05, 0) is 6.92 Å². The molecule has 2 unspecified atom stereocenters. The Balaban J connectivity index is 2.16. The van der Waals surface area contributed by atoms with E-state index in [1.165, 1.54) is 6.92 Å². The Bertz CT molecular complexity index is 1080. The fourth-order valence-electron chi connectivity index (χ4n) is 2.55. The van der Waals surface area contributed by atoms with Gasteiger partial charge in [0.1, 0.15) is 18.3 Å².